The van der Waals surface area contributed by atoms with E-state index in [1.165, 1.54) is 38.0 Å². The fourth-order valence-corrected chi connectivity index (χ4v) is 3.82. The molecule has 6 nitrogen and oxygen atoms in total. The van der Waals surface area contributed by atoms with Gasteiger partial charge in [0.15, 0.2) is 5.96 Å². The van der Waals surface area contributed by atoms with Gasteiger partial charge in [-0.25, -0.2) is 0 Å². The molecule has 1 aromatic rings. The monoisotopic (exact) mass is 502 g/mol. The Balaban J connectivity index is 0.00000280. The van der Waals surface area contributed by atoms with E-state index in [0.717, 1.165) is 42.4 Å². The minimum atomic E-state index is 0. The molecule has 1 atom stereocenters. The summed E-state index contributed by atoms with van der Waals surface area (Å²) in [5, 5.41) is 6.82. The molecular formula is C21H35IN4O2. The van der Waals surface area contributed by atoms with Gasteiger partial charge in [-0.05, 0) is 64.9 Å². The number of rotatable bonds is 8. The minimum absolute atomic E-state index is 0. The van der Waals surface area contributed by atoms with E-state index in [-0.39, 0.29) is 30.1 Å². The van der Waals surface area contributed by atoms with Crippen molar-refractivity contribution in [3.63, 3.8) is 0 Å². The van der Waals surface area contributed by atoms with Crippen molar-refractivity contribution in [2.24, 2.45) is 4.99 Å². The average molecular weight is 502 g/mol. The zero-order valence-electron chi connectivity index (χ0n) is 17.4. The van der Waals surface area contributed by atoms with Gasteiger partial charge >= 0.3 is 0 Å². The number of ether oxygens (including phenoxy) is 2. The molecule has 0 radical (unpaired) electrons. The average Bonchev–Trinajstić information content (AvgIpc) is 3.29. The number of guanidine groups is 1. The second-order valence-electron chi connectivity index (χ2n) is 7.39. The minimum Gasteiger partial charge on any atom is -0.494 e. The van der Waals surface area contributed by atoms with Gasteiger partial charge in [-0.15, -0.1) is 24.0 Å². The van der Waals surface area contributed by atoms with Crippen LogP contribution in [0.5, 0.6) is 11.5 Å². The first kappa shape index (κ1) is 23.1. The summed E-state index contributed by atoms with van der Waals surface area (Å²) >= 11 is 0. The number of benzene rings is 1. The SMILES string of the molecule is CCOc1cc2c(cc1CNC(=NC)NCCCN1CCCC1)OC(C)C2.I. The van der Waals surface area contributed by atoms with Crippen LogP contribution in [0, 0.1) is 0 Å². The lowest BCUT2D eigenvalue weighted by Crippen LogP contribution is -2.38. The molecule has 158 valence electrons. The smallest absolute Gasteiger partial charge is 0.191 e. The van der Waals surface area contributed by atoms with Crippen LogP contribution in [0.15, 0.2) is 17.1 Å². The number of hydrogen-bond donors (Lipinski definition) is 2. The fourth-order valence-electron chi connectivity index (χ4n) is 3.82. The molecule has 0 aliphatic carbocycles. The van der Waals surface area contributed by atoms with Crippen LogP contribution < -0.4 is 20.1 Å². The summed E-state index contributed by atoms with van der Waals surface area (Å²) in [4.78, 5) is 6.88. The van der Waals surface area contributed by atoms with Gasteiger partial charge in [0.1, 0.15) is 17.6 Å². The summed E-state index contributed by atoms with van der Waals surface area (Å²) in [6.45, 7) is 10.0. The lowest BCUT2D eigenvalue weighted by molar-refractivity contribution is 0.254. The van der Waals surface area contributed by atoms with Crippen molar-refractivity contribution >= 4 is 29.9 Å². The lowest BCUT2D eigenvalue weighted by atomic mass is 10.1. The summed E-state index contributed by atoms with van der Waals surface area (Å²) in [5.74, 6) is 2.75. The molecule has 1 unspecified atom stereocenters. The van der Waals surface area contributed by atoms with Crippen LogP contribution in [0.2, 0.25) is 0 Å². The van der Waals surface area contributed by atoms with Gasteiger partial charge in [-0.3, -0.25) is 4.99 Å². The van der Waals surface area contributed by atoms with Gasteiger partial charge in [0, 0.05) is 37.7 Å². The third-order valence-electron chi connectivity index (χ3n) is 5.19. The number of nitrogens with one attached hydrogen (secondary N) is 2. The predicted molar refractivity (Wildman–Crippen MR) is 125 cm³/mol. The fraction of sp³-hybridized carbons (Fsp3) is 0.667. The first-order chi connectivity index (χ1) is 13.2. The second-order valence-corrected chi connectivity index (χ2v) is 7.39. The summed E-state index contributed by atoms with van der Waals surface area (Å²) in [6.07, 6.45) is 5.02. The van der Waals surface area contributed by atoms with E-state index >= 15 is 0 Å². The van der Waals surface area contributed by atoms with E-state index in [2.05, 4.69) is 39.6 Å². The molecule has 2 aliphatic heterocycles. The first-order valence-electron chi connectivity index (χ1n) is 10.3. The molecule has 28 heavy (non-hydrogen) atoms. The van der Waals surface area contributed by atoms with Crippen LogP contribution >= 0.6 is 24.0 Å². The Hall–Kier alpha value is -1.22. The van der Waals surface area contributed by atoms with Crippen molar-refractivity contribution < 1.29 is 9.47 Å². The van der Waals surface area contributed by atoms with E-state index < -0.39 is 0 Å². The molecule has 2 heterocycles. The van der Waals surface area contributed by atoms with E-state index in [4.69, 9.17) is 9.47 Å². The van der Waals surface area contributed by atoms with Crippen LogP contribution in [-0.2, 0) is 13.0 Å². The molecule has 0 amide bonds. The topological polar surface area (TPSA) is 58.1 Å². The summed E-state index contributed by atoms with van der Waals surface area (Å²) in [7, 11) is 1.81. The van der Waals surface area contributed by atoms with Crippen molar-refractivity contribution in [2.75, 3.05) is 39.8 Å². The van der Waals surface area contributed by atoms with Crippen molar-refractivity contribution in [1.29, 1.82) is 0 Å². The molecule has 3 rings (SSSR count). The summed E-state index contributed by atoms with van der Waals surface area (Å²) < 4.78 is 11.8. The Kier molecular flexibility index (Phi) is 9.64. The molecule has 7 heteroatoms. The summed E-state index contributed by atoms with van der Waals surface area (Å²) in [6, 6.07) is 4.24. The number of hydrogen-bond acceptors (Lipinski definition) is 4. The third-order valence-corrected chi connectivity index (χ3v) is 5.19. The molecule has 2 N–H and O–H groups in total. The van der Waals surface area contributed by atoms with Gasteiger partial charge < -0.3 is 25.0 Å². The van der Waals surface area contributed by atoms with Crippen molar-refractivity contribution in [2.45, 2.75) is 52.2 Å². The summed E-state index contributed by atoms with van der Waals surface area (Å²) in [5.41, 5.74) is 2.34. The molecule has 1 fully saturated rings. The van der Waals surface area contributed by atoms with Crippen molar-refractivity contribution in [3.8, 4) is 11.5 Å². The van der Waals surface area contributed by atoms with E-state index in [9.17, 15) is 0 Å². The maximum Gasteiger partial charge on any atom is 0.191 e. The molecular weight excluding hydrogens is 467 g/mol. The zero-order valence-corrected chi connectivity index (χ0v) is 19.8. The van der Waals surface area contributed by atoms with Crippen LogP contribution in [0.1, 0.15) is 44.2 Å². The molecule has 2 aliphatic rings. The van der Waals surface area contributed by atoms with Gasteiger partial charge in [0.05, 0.1) is 6.61 Å². The molecule has 0 spiro atoms. The highest BCUT2D eigenvalue weighted by atomic mass is 127. The number of halogens is 1. The maximum absolute atomic E-state index is 5.91. The third kappa shape index (κ3) is 6.40. The quantitative estimate of drug-likeness (QED) is 0.248. The Morgan fingerprint density at radius 1 is 1.29 bits per heavy atom. The van der Waals surface area contributed by atoms with Crippen LogP contribution in [0.3, 0.4) is 0 Å². The van der Waals surface area contributed by atoms with Gasteiger partial charge in [0.25, 0.3) is 0 Å². The normalized spacial score (nSPS) is 19.0. The Bertz CT molecular complexity index is 648. The number of nitrogens with zero attached hydrogens (tertiary/aromatic N) is 2. The number of fused-ring (bicyclic) bond motifs is 1. The second kappa shape index (κ2) is 11.7. The number of likely N-dealkylation sites (tertiary alicyclic amines) is 1. The molecule has 0 saturated carbocycles. The highest BCUT2D eigenvalue weighted by Gasteiger charge is 2.22. The Labute approximate surface area is 186 Å². The molecule has 0 aromatic heterocycles. The van der Waals surface area contributed by atoms with Crippen LogP contribution in [0.25, 0.3) is 0 Å². The number of aliphatic imine (C=N–C) groups is 1. The van der Waals surface area contributed by atoms with Crippen molar-refractivity contribution in [1.82, 2.24) is 15.5 Å². The van der Waals surface area contributed by atoms with Gasteiger partial charge in [-0.2, -0.15) is 0 Å². The van der Waals surface area contributed by atoms with Crippen molar-refractivity contribution in [3.05, 3.63) is 23.3 Å². The standard InChI is InChI=1S/C21H34N4O2.HI/c1-4-26-19-13-17-12-16(2)27-20(17)14-18(19)15-24-21(22-3)23-8-7-11-25-9-5-6-10-25;/h13-14,16H,4-12,15H2,1-3H3,(H2,22,23,24);1H. The Morgan fingerprint density at radius 3 is 2.79 bits per heavy atom. The molecule has 1 saturated heterocycles. The van der Waals surface area contributed by atoms with E-state index in [1.54, 1.807) is 0 Å². The van der Waals surface area contributed by atoms with E-state index in [0.29, 0.717) is 13.2 Å². The first-order valence-corrected chi connectivity index (χ1v) is 10.3. The zero-order chi connectivity index (χ0) is 19.1. The molecule has 1 aromatic carbocycles. The van der Waals surface area contributed by atoms with E-state index in [1.807, 2.05) is 14.0 Å². The van der Waals surface area contributed by atoms with Crippen LogP contribution in [-0.4, -0.2) is 56.8 Å². The highest BCUT2D eigenvalue weighted by molar-refractivity contribution is 14.0. The van der Waals surface area contributed by atoms with Crippen LogP contribution in [0.4, 0.5) is 0 Å². The predicted octanol–water partition coefficient (Wildman–Crippen LogP) is 3.18. The molecule has 0 bridgehead atoms. The van der Waals surface area contributed by atoms with Gasteiger partial charge in [0.2, 0.25) is 0 Å². The lowest BCUT2D eigenvalue weighted by Gasteiger charge is -2.17. The maximum atomic E-state index is 5.91. The Morgan fingerprint density at radius 2 is 2.07 bits per heavy atom. The largest absolute Gasteiger partial charge is 0.494 e. The highest BCUT2D eigenvalue weighted by Crippen LogP contribution is 2.35. The van der Waals surface area contributed by atoms with Gasteiger partial charge in [-0.1, -0.05) is 0 Å².